The van der Waals surface area contributed by atoms with Gasteiger partial charge in [0.05, 0.1) is 17.2 Å². The average Bonchev–Trinajstić information content (AvgIpc) is 3.05. The largest absolute Gasteiger partial charge is 0.449 e. The summed E-state index contributed by atoms with van der Waals surface area (Å²) >= 11 is 1.26. The van der Waals surface area contributed by atoms with Crippen molar-refractivity contribution in [1.29, 1.82) is 0 Å². The number of fused-ring (bicyclic) bond motifs is 1. The quantitative estimate of drug-likeness (QED) is 0.509. The van der Waals surface area contributed by atoms with E-state index in [0.717, 1.165) is 0 Å². The molecule has 3 aromatic rings. The van der Waals surface area contributed by atoms with E-state index in [1.54, 1.807) is 17.5 Å². The van der Waals surface area contributed by atoms with Crippen molar-refractivity contribution >= 4 is 39.5 Å². The number of nitrogens with one attached hydrogen (secondary N) is 2. The van der Waals surface area contributed by atoms with Crippen LogP contribution in [0, 0.1) is 0 Å². The molecule has 0 aliphatic carbocycles. The summed E-state index contributed by atoms with van der Waals surface area (Å²) in [7, 11) is 0. The molecule has 2 aromatic heterocycles. The highest BCUT2D eigenvalue weighted by Crippen LogP contribution is 2.29. The van der Waals surface area contributed by atoms with E-state index in [4.69, 9.17) is 5.73 Å². The highest BCUT2D eigenvalue weighted by Gasteiger charge is 2.34. The molecule has 22 heavy (non-hydrogen) atoms. The number of para-hydroxylation sites is 1. The molecular formula is C12H9F3N6S. The van der Waals surface area contributed by atoms with Crippen LogP contribution in [0.3, 0.4) is 0 Å². The summed E-state index contributed by atoms with van der Waals surface area (Å²) in [5.41, 5.74) is 9.04. The van der Waals surface area contributed by atoms with Gasteiger partial charge in [-0.3, -0.25) is 5.43 Å². The molecule has 0 saturated carbocycles. The number of alkyl halides is 3. The van der Waals surface area contributed by atoms with E-state index in [-0.39, 0.29) is 11.0 Å². The zero-order chi connectivity index (χ0) is 15.7. The Balaban J connectivity index is 1.88. The van der Waals surface area contributed by atoms with Gasteiger partial charge in [-0.15, -0.1) is 11.3 Å². The predicted octanol–water partition coefficient (Wildman–Crippen LogP) is 3.07. The van der Waals surface area contributed by atoms with Crippen LogP contribution in [0.5, 0.6) is 0 Å². The number of thiazole rings is 1. The van der Waals surface area contributed by atoms with E-state index in [1.807, 2.05) is 0 Å². The maximum atomic E-state index is 12.7. The molecule has 0 atom stereocenters. The van der Waals surface area contributed by atoms with Crippen LogP contribution >= 0.6 is 11.3 Å². The number of nitrogen functional groups attached to an aromatic ring is 1. The van der Waals surface area contributed by atoms with Crippen molar-refractivity contribution in [3.8, 4) is 0 Å². The van der Waals surface area contributed by atoms with Crippen LogP contribution in [-0.4, -0.2) is 21.2 Å². The molecule has 0 spiro atoms. The fraction of sp³-hybridized carbons (Fsp3) is 0.0833. The van der Waals surface area contributed by atoms with Crippen LogP contribution in [0.2, 0.25) is 0 Å². The number of aromatic amines is 1. The highest BCUT2D eigenvalue weighted by molar-refractivity contribution is 7.14. The van der Waals surface area contributed by atoms with Crippen LogP contribution in [0.1, 0.15) is 11.4 Å². The van der Waals surface area contributed by atoms with Gasteiger partial charge in [-0.1, -0.05) is 12.1 Å². The summed E-state index contributed by atoms with van der Waals surface area (Å²) in [5, 5.41) is 6.05. The molecule has 0 unspecified atom stereocenters. The second-order valence-electron chi connectivity index (χ2n) is 4.27. The van der Waals surface area contributed by atoms with Crippen LogP contribution in [0.25, 0.3) is 11.0 Å². The number of anilines is 2. The number of nitrogens with two attached hydrogens (primary N) is 1. The summed E-state index contributed by atoms with van der Waals surface area (Å²) in [4.78, 5) is 9.76. The van der Waals surface area contributed by atoms with Gasteiger partial charge in [-0.05, 0) is 6.07 Å². The van der Waals surface area contributed by atoms with Gasteiger partial charge >= 0.3 is 6.18 Å². The Hall–Kier alpha value is -2.62. The van der Waals surface area contributed by atoms with Crippen molar-refractivity contribution in [2.75, 3.05) is 11.2 Å². The lowest BCUT2D eigenvalue weighted by molar-refractivity contribution is -0.144. The number of H-pyrrole nitrogens is 1. The number of hydrazone groups is 1. The Kier molecular flexibility index (Phi) is 3.45. The van der Waals surface area contributed by atoms with Gasteiger partial charge in [-0.2, -0.15) is 18.3 Å². The van der Waals surface area contributed by atoms with Crippen molar-refractivity contribution < 1.29 is 13.2 Å². The zero-order valence-corrected chi connectivity index (χ0v) is 11.7. The molecule has 0 aliphatic rings. The first-order valence-electron chi connectivity index (χ1n) is 5.99. The molecule has 0 radical (unpaired) electrons. The summed E-state index contributed by atoms with van der Waals surface area (Å²) in [5.74, 6) is -0.670. The van der Waals surface area contributed by atoms with E-state index < -0.39 is 12.0 Å². The van der Waals surface area contributed by atoms with Gasteiger partial charge in [0, 0.05) is 10.9 Å². The van der Waals surface area contributed by atoms with Crippen molar-refractivity contribution in [2.45, 2.75) is 6.18 Å². The topological polar surface area (TPSA) is 92.0 Å². The Labute approximate surface area is 125 Å². The molecule has 10 heteroatoms. The maximum absolute atomic E-state index is 12.7. The molecule has 0 saturated heterocycles. The van der Waals surface area contributed by atoms with Crippen molar-refractivity contribution in [3.63, 3.8) is 0 Å². The molecular weight excluding hydrogens is 317 g/mol. The number of rotatable bonds is 3. The Morgan fingerprint density at radius 3 is 2.82 bits per heavy atom. The second-order valence-corrected chi connectivity index (χ2v) is 5.13. The Morgan fingerprint density at radius 2 is 2.14 bits per heavy atom. The van der Waals surface area contributed by atoms with Gasteiger partial charge in [0.2, 0.25) is 11.0 Å². The first-order valence-corrected chi connectivity index (χ1v) is 6.87. The molecule has 4 N–H and O–H groups in total. The first kappa shape index (κ1) is 14.3. The molecule has 114 valence electrons. The van der Waals surface area contributed by atoms with E-state index in [0.29, 0.717) is 16.5 Å². The van der Waals surface area contributed by atoms with Crippen LogP contribution < -0.4 is 11.2 Å². The molecule has 6 nitrogen and oxygen atoms in total. The minimum atomic E-state index is -4.52. The van der Waals surface area contributed by atoms with Crippen LogP contribution in [0.15, 0.2) is 28.7 Å². The zero-order valence-electron chi connectivity index (χ0n) is 10.8. The Bertz CT molecular complexity index is 835. The van der Waals surface area contributed by atoms with Gasteiger partial charge < -0.3 is 10.7 Å². The Morgan fingerprint density at radius 1 is 1.32 bits per heavy atom. The van der Waals surface area contributed by atoms with Gasteiger partial charge in [0.25, 0.3) is 0 Å². The smallest absolute Gasteiger partial charge is 0.383 e. The third kappa shape index (κ3) is 2.86. The SMILES string of the molecule is Nc1csc(NN=Cc2cccc3[nH]c(C(F)(F)F)nc23)n1. The fourth-order valence-electron chi connectivity index (χ4n) is 1.79. The fourth-order valence-corrected chi connectivity index (χ4v) is 2.34. The maximum Gasteiger partial charge on any atom is 0.449 e. The molecule has 3 rings (SSSR count). The van der Waals surface area contributed by atoms with Gasteiger partial charge in [0.1, 0.15) is 5.82 Å². The lowest BCUT2D eigenvalue weighted by Gasteiger charge is -1.99. The monoisotopic (exact) mass is 326 g/mol. The van der Waals surface area contributed by atoms with E-state index in [2.05, 4.69) is 25.5 Å². The molecule has 0 amide bonds. The van der Waals surface area contributed by atoms with E-state index >= 15 is 0 Å². The van der Waals surface area contributed by atoms with E-state index in [9.17, 15) is 13.2 Å². The second kappa shape index (κ2) is 5.30. The molecule has 0 aliphatic heterocycles. The molecule has 1 aromatic carbocycles. The number of hydrogen-bond donors (Lipinski definition) is 3. The molecule has 0 fully saturated rings. The highest BCUT2D eigenvalue weighted by atomic mass is 32.1. The van der Waals surface area contributed by atoms with Crippen molar-refractivity contribution in [1.82, 2.24) is 15.0 Å². The van der Waals surface area contributed by atoms with Crippen LogP contribution in [0.4, 0.5) is 24.1 Å². The third-order valence-electron chi connectivity index (χ3n) is 2.70. The summed E-state index contributed by atoms with van der Waals surface area (Å²) < 4.78 is 38.0. The normalized spacial score (nSPS) is 12.3. The lowest BCUT2D eigenvalue weighted by atomic mass is 10.2. The number of hydrogen-bond acceptors (Lipinski definition) is 6. The van der Waals surface area contributed by atoms with Gasteiger partial charge in [-0.25, -0.2) is 9.97 Å². The van der Waals surface area contributed by atoms with Crippen LogP contribution in [-0.2, 0) is 6.18 Å². The number of halogens is 3. The average molecular weight is 326 g/mol. The number of nitrogens with zero attached hydrogens (tertiary/aromatic N) is 3. The van der Waals surface area contributed by atoms with E-state index in [1.165, 1.54) is 23.6 Å². The summed E-state index contributed by atoms with van der Waals surface area (Å²) in [6, 6.07) is 4.75. The minimum absolute atomic E-state index is 0.194. The minimum Gasteiger partial charge on any atom is -0.383 e. The van der Waals surface area contributed by atoms with Crippen molar-refractivity contribution in [2.24, 2.45) is 5.10 Å². The predicted molar refractivity (Wildman–Crippen MR) is 78.8 cm³/mol. The summed E-state index contributed by atoms with van der Waals surface area (Å²) in [6.45, 7) is 0. The van der Waals surface area contributed by atoms with Gasteiger partial charge in [0.15, 0.2) is 0 Å². The summed E-state index contributed by atoms with van der Waals surface area (Å²) in [6.07, 6.45) is -3.15. The third-order valence-corrected chi connectivity index (χ3v) is 3.46. The first-order chi connectivity index (χ1) is 10.4. The van der Waals surface area contributed by atoms with Crippen molar-refractivity contribution in [3.05, 3.63) is 35.0 Å². The molecule has 2 heterocycles. The number of aromatic nitrogens is 3. The molecule has 0 bridgehead atoms. The number of imidazole rings is 1. The number of benzene rings is 1. The standard InChI is InChI=1S/C12H9F3N6S/c13-12(14,15)10-18-7-3-1-2-6(9(7)20-10)4-17-21-11-19-8(16)5-22-11/h1-5H,16H2,(H,18,20)(H,19,21). The lowest BCUT2D eigenvalue weighted by Crippen LogP contribution is -2.06.